The van der Waals surface area contributed by atoms with Crippen molar-refractivity contribution in [3.63, 3.8) is 0 Å². The van der Waals surface area contributed by atoms with Crippen molar-refractivity contribution in [1.82, 2.24) is 0 Å². The van der Waals surface area contributed by atoms with E-state index in [-0.39, 0.29) is 40.2 Å². The van der Waals surface area contributed by atoms with Gasteiger partial charge in [-0.2, -0.15) is 0 Å². The topological polar surface area (TPSA) is 74.6 Å². The van der Waals surface area contributed by atoms with Crippen LogP contribution in [0.2, 0.25) is 0 Å². The monoisotopic (exact) mass is 499 g/mol. The summed E-state index contributed by atoms with van der Waals surface area (Å²) >= 11 is 0. The van der Waals surface area contributed by atoms with Gasteiger partial charge in [0.1, 0.15) is 0 Å². The Hall–Kier alpha value is -2.62. The molecule has 0 aliphatic carbocycles. The predicted molar refractivity (Wildman–Crippen MR) is 131 cm³/mol. The summed E-state index contributed by atoms with van der Waals surface area (Å²) < 4.78 is 0. The molecule has 0 spiro atoms. The fraction of sp³-hybridized carbons (Fsp3) is 0.357. The third-order valence-corrected chi connectivity index (χ3v) is 4.33. The molecular weight excluding hydrogens is 464 g/mol. The second-order valence-corrected chi connectivity index (χ2v) is 8.72. The predicted octanol–water partition coefficient (Wildman–Crippen LogP) is 6.57. The van der Waals surface area contributed by atoms with Gasteiger partial charge in [-0.25, -0.2) is 0 Å². The van der Waals surface area contributed by atoms with Crippen molar-refractivity contribution >= 4 is 11.6 Å². The maximum Gasteiger partial charge on any atom is 0.163 e. The second-order valence-electron chi connectivity index (χ2n) is 8.72. The summed E-state index contributed by atoms with van der Waals surface area (Å²) in [5.74, 6) is 0.974. The van der Waals surface area contributed by atoms with Gasteiger partial charge in [0.25, 0.3) is 0 Å². The number of carbonyl (C=O) groups excluding carboxylic acids is 2. The number of hydrogen-bond donors (Lipinski definition) is 2. The summed E-state index contributed by atoms with van der Waals surface area (Å²) in [6, 6.07) is 19.1. The Morgan fingerprint density at radius 1 is 0.667 bits per heavy atom. The first kappa shape index (κ1) is 30.4. The van der Waals surface area contributed by atoms with Crippen molar-refractivity contribution in [2.75, 3.05) is 0 Å². The molecule has 5 heteroatoms. The summed E-state index contributed by atoms with van der Waals surface area (Å²) in [5.41, 5.74) is 1.95. The van der Waals surface area contributed by atoms with E-state index in [1.807, 2.05) is 88.4 Å². The molecule has 2 rings (SSSR count). The van der Waals surface area contributed by atoms with E-state index in [9.17, 15) is 19.8 Å². The van der Waals surface area contributed by atoms with E-state index in [0.29, 0.717) is 37.5 Å². The number of ketones is 2. The molecule has 1 radical (unpaired) electrons. The van der Waals surface area contributed by atoms with Crippen LogP contribution in [0.15, 0.2) is 84.3 Å². The van der Waals surface area contributed by atoms with Crippen LogP contribution in [0, 0.1) is 11.8 Å². The minimum Gasteiger partial charge on any atom is -0.512 e. The summed E-state index contributed by atoms with van der Waals surface area (Å²) in [4.78, 5) is 23.1. The molecule has 0 aliphatic heterocycles. The van der Waals surface area contributed by atoms with Crippen LogP contribution < -0.4 is 0 Å². The fourth-order valence-corrected chi connectivity index (χ4v) is 3.02. The molecule has 0 saturated heterocycles. The maximum atomic E-state index is 11.6. The summed E-state index contributed by atoms with van der Waals surface area (Å²) in [6.45, 7) is 8.02. The van der Waals surface area contributed by atoms with Crippen LogP contribution in [-0.2, 0) is 39.5 Å². The van der Waals surface area contributed by atoms with Gasteiger partial charge in [0.05, 0.1) is 11.5 Å². The Kier molecular flexibility index (Phi) is 15.6. The maximum absolute atomic E-state index is 11.6. The van der Waals surface area contributed by atoms with Gasteiger partial charge in [0, 0.05) is 54.9 Å². The molecule has 0 saturated carbocycles. The van der Waals surface area contributed by atoms with Crippen LogP contribution in [0.5, 0.6) is 0 Å². The van der Waals surface area contributed by atoms with Crippen molar-refractivity contribution in [2.45, 2.75) is 53.4 Å². The molecule has 0 heterocycles. The van der Waals surface area contributed by atoms with E-state index >= 15 is 0 Å². The molecule has 0 unspecified atom stereocenters. The van der Waals surface area contributed by atoms with Gasteiger partial charge >= 0.3 is 0 Å². The standard InChI is InChI=1S/2C14H18O2.Cu/c2*1-11(2)8-13(15)10-14(16)9-12-6-4-3-5-7-12;/h2*3-7,10-11,15H,8-9H2,1-2H3;/b2*13-10-;. The minimum absolute atomic E-state index is 0. The molecular formula is C28H36CuO4. The number of aliphatic hydroxyl groups excluding tert-OH is 2. The average molecular weight is 500 g/mol. The molecule has 0 aromatic heterocycles. The summed E-state index contributed by atoms with van der Waals surface area (Å²) in [5, 5.41) is 19.0. The van der Waals surface area contributed by atoms with Gasteiger partial charge in [-0.1, -0.05) is 88.4 Å². The molecule has 0 amide bonds. The van der Waals surface area contributed by atoms with Crippen molar-refractivity contribution in [3.8, 4) is 0 Å². The quantitative estimate of drug-likeness (QED) is 0.220. The van der Waals surface area contributed by atoms with Gasteiger partial charge in [-0.15, -0.1) is 0 Å². The number of benzene rings is 2. The van der Waals surface area contributed by atoms with Crippen LogP contribution >= 0.6 is 0 Å². The smallest absolute Gasteiger partial charge is 0.163 e. The molecule has 2 aromatic rings. The van der Waals surface area contributed by atoms with Gasteiger partial charge in [-0.05, 0) is 23.0 Å². The fourth-order valence-electron chi connectivity index (χ4n) is 3.02. The SMILES string of the molecule is CC(C)C/C(O)=C/C(=O)Cc1ccccc1.CC(C)C/C(O)=C/C(=O)Cc1ccccc1.[Cu]. The molecule has 2 aromatic carbocycles. The Labute approximate surface area is 208 Å². The number of aliphatic hydroxyl groups is 2. The van der Waals surface area contributed by atoms with Gasteiger partial charge in [0.2, 0.25) is 0 Å². The van der Waals surface area contributed by atoms with Crippen molar-refractivity contribution in [2.24, 2.45) is 11.8 Å². The average Bonchev–Trinajstić information content (AvgIpc) is 2.68. The van der Waals surface area contributed by atoms with Crippen LogP contribution in [-0.4, -0.2) is 21.8 Å². The molecule has 0 atom stereocenters. The Morgan fingerprint density at radius 3 is 1.24 bits per heavy atom. The first-order chi connectivity index (χ1) is 15.2. The Bertz CT molecular complexity index is 809. The second kappa shape index (κ2) is 16.9. The molecule has 0 aliphatic rings. The number of allylic oxidation sites excluding steroid dienone is 4. The molecule has 2 N–H and O–H groups in total. The zero-order valence-corrected chi connectivity index (χ0v) is 20.9. The van der Waals surface area contributed by atoms with Crippen molar-refractivity contribution < 1.29 is 36.9 Å². The van der Waals surface area contributed by atoms with Crippen LogP contribution in [0.3, 0.4) is 0 Å². The molecule has 33 heavy (non-hydrogen) atoms. The largest absolute Gasteiger partial charge is 0.512 e. The van der Waals surface area contributed by atoms with E-state index in [1.165, 1.54) is 12.2 Å². The molecule has 0 fully saturated rings. The van der Waals surface area contributed by atoms with Gasteiger partial charge < -0.3 is 10.2 Å². The first-order valence-corrected chi connectivity index (χ1v) is 11.1. The normalized spacial score (nSPS) is 11.5. The van der Waals surface area contributed by atoms with Crippen LogP contribution in [0.25, 0.3) is 0 Å². The molecule has 0 bridgehead atoms. The van der Waals surface area contributed by atoms with Crippen molar-refractivity contribution in [1.29, 1.82) is 0 Å². The zero-order valence-electron chi connectivity index (χ0n) is 19.9. The van der Waals surface area contributed by atoms with E-state index in [4.69, 9.17) is 0 Å². The Morgan fingerprint density at radius 2 is 0.970 bits per heavy atom. The first-order valence-electron chi connectivity index (χ1n) is 11.1. The number of hydrogen-bond acceptors (Lipinski definition) is 4. The van der Waals surface area contributed by atoms with E-state index in [0.717, 1.165) is 11.1 Å². The van der Waals surface area contributed by atoms with Crippen molar-refractivity contribution in [3.05, 3.63) is 95.5 Å². The van der Waals surface area contributed by atoms with E-state index < -0.39 is 0 Å². The zero-order chi connectivity index (χ0) is 23.9. The molecule has 183 valence electrons. The summed E-state index contributed by atoms with van der Waals surface area (Å²) in [6.07, 6.45) is 4.49. The van der Waals surface area contributed by atoms with Gasteiger partial charge in [0.15, 0.2) is 11.6 Å². The number of rotatable bonds is 10. The third-order valence-electron chi connectivity index (χ3n) is 4.33. The molecule has 4 nitrogen and oxygen atoms in total. The number of carbonyl (C=O) groups is 2. The van der Waals surface area contributed by atoms with E-state index in [1.54, 1.807) is 0 Å². The van der Waals surface area contributed by atoms with E-state index in [2.05, 4.69) is 0 Å². The third kappa shape index (κ3) is 15.8. The summed E-state index contributed by atoms with van der Waals surface area (Å²) in [7, 11) is 0. The van der Waals surface area contributed by atoms with Crippen LogP contribution in [0.1, 0.15) is 51.7 Å². The van der Waals surface area contributed by atoms with Crippen LogP contribution in [0.4, 0.5) is 0 Å². The van der Waals surface area contributed by atoms with Gasteiger partial charge in [-0.3, -0.25) is 9.59 Å². The Balaban J connectivity index is 0.000000602. The minimum atomic E-state index is -0.0515.